The van der Waals surface area contributed by atoms with Crippen molar-refractivity contribution in [2.75, 3.05) is 19.6 Å². The Morgan fingerprint density at radius 3 is 2.55 bits per heavy atom. The van der Waals surface area contributed by atoms with E-state index >= 15 is 0 Å². The average Bonchev–Trinajstić information content (AvgIpc) is 2.41. The maximum absolute atomic E-state index is 6.03. The van der Waals surface area contributed by atoms with Crippen LogP contribution < -0.4 is 10.5 Å². The standard InChI is InChI=1S/C17H28N2O/c1-13(2)20-16-8-6-15(7-9-16)17(11-18)19-10-4-5-14(3)12-19/h6-9,13-14,17H,4-5,10-12,18H2,1-3H3. The summed E-state index contributed by atoms with van der Waals surface area (Å²) in [6.07, 6.45) is 2.84. The fourth-order valence-electron chi connectivity index (χ4n) is 3.05. The van der Waals surface area contributed by atoms with E-state index in [0.717, 1.165) is 24.8 Å². The Kier molecular flexibility index (Phi) is 5.44. The first kappa shape index (κ1) is 15.3. The van der Waals surface area contributed by atoms with Crippen LogP contribution in [0.4, 0.5) is 0 Å². The number of hydrogen-bond acceptors (Lipinski definition) is 3. The topological polar surface area (TPSA) is 38.5 Å². The largest absolute Gasteiger partial charge is 0.491 e. The summed E-state index contributed by atoms with van der Waals surface area (Å²) < 4.78 is 5.70. The summed E-state index contributed by atoms with van der Waals surface area (Å²) in [5.41, 5.74) is 7.33. The fraction of sp³-hybridized carbons (Fsp3) is 0.647. The molecule has 0 amide bonds. The maximum Gasteiger partial charge on any atom is 0.119 e. The third kappa shape index (κ3) is 3.97. The Morgan fingerprint density at radius 1 is 1.30 bits per heavy atom. The zero-order valence-corrected chi connectivity index (χ0v) is 13.0. The van der Waals surface area contributed by atoms with Crippen LogP contribution in [-0.2, 0) is 0 Å². The highest BCUT2D eigenvalue weighted by Crippen LogP contribution is 2.27. The second kappa shape index (κ2) is 7.09. The van der Waals surface area contributed by atoms with Crippen LogP contribution in [0.5, 0.6) is 5.75 Å². The number of nitrogens with zero attached hydrogens (tertiary/aromatic N) is 1. The first-order valence-electron chi connectivity index (χ1n) is 7.81. The van der Waals surface area contributed by atoms with Gasteiger partial charge in [-0.3, -0.25) is 4.90 Å². The molecule has 0 bridgehead atoms. The lowest BCUT2D eigenvalue weighted by atomic mass is 9.96. The Hall–Kier alpha value is -1.06. The molecule has 112 valence electrons. The van der Waals surface area contributed by atoms with Gasteiger partial charge in [0.15, 0.2) is 0 Å². The summed E-state index contributed by atoms with van der Waals surface area (Å²) in [6, 6.07) is 8.78. The van der Waals surface area contributed by atoms with Gasteiger partial charge in [0.25, 0.3) is 0 Å². The third-order valence-electron chi connectivity index (χ3n) is 3.99. The second-order valence-corrected chi connectivity index (χ2v) is 6.23. The molecule has 20 heavy (non-hydrogen) atoms. The molecular formula is C17H28N2O. The molecule has 1 fully saturated rings. The molecule has 2 rings (SSSR count). The molecule has 2 atom stereocenters. The number of likely N-dealkylation sites (tertiary alicyclic amines) is 1. The van der Waals surface area contributed by atoms with Crippen LogP contribution in [0.25, 0.3) is 0 Å². The van der Waals surface area contributed by atoms with Gasteiger partial charge in [-0.05, 0) is 56.8 Å². The van der Waals surface area contributed by atoms with Crippen molar-refractivity contribution in [3.05, 3.63) is 29.8 Å². The molecule has 3 heteroatoms. The molecule has 1 saturated heterocycles. The van der Waals surface area contributed by atoms with E-state index in [9.17, 15) is 0 Å². The molecule has 0 spiro atoms. The Morgan fingerprint density at radius 2 is 2.00 bits per heavy atom. The molecule has 0 aliphatic carbocycles. The molecular weight excluding hydrogens is 248 g/mol. The lowest BCUT2D eigenvalue weighted by molar-refractivity contribution is 0.133. The third-order valence-corrected chi connectivity index (χ3v) is 3.99. The lowest BCUT2D eigenvalue weighted by Crippen LogP contribution is -2.40. The van der Waals surface area contributed by atoms with Gasteiger partial charge < -0.3 is 10.5 Å². The average molecular weight is 276 g/mol. The van der Waals surface area contributed by atoms with Crippen molar-refractivity contribution in [3.8, 4) is 5.75 Å². The van der Waals surface area contributed by atoms with Gasteiger partial charge in [-0.25, -0.2) is 0 Å². The molecule has 2 unspecified atom stereocenters. The van der Waals surface area contributed by atoms with Crippen molar-refractivity contribution in [1.29, 1.82) is 0 Å². The number of rotatable bonds is 5. The Balaban J connectivity index is 2.07. The van der Waals surface area contributed by atoms with Crippen LogP contribution in [0.15, 0.2) is 24.3 Å². The van der Waals surface area contributed by atoms with E-state index in [4.69, 9.17) is 10.5 Å². The molecule has 0 aromatic heterocycles. The zero-order chi connectivity index (χ0) is 14.5. The van der Waals surface area contributed by atoms with Crippen LogP contribution in [-0.4, -0.2) is 30.6 Å². The van der Waals surface area contributed by atoms with Gasteiger partial charge >= 0.3 is 0 Å². The summed E-state index contributed by atoms with van der Waals surface area (Å²) in [6.45, 7) is 9.43. The van der Waals surface area contributed by atoms with E-state index in [1.165, 1.54) is 18.4 Å². The summed E-state index contributed by atoms with van der Waals surface area (Å²) in [4.78, 5) is 2.53. The summed E-state index contributed by atoms with van der Waals surface area (Å²) in [5.74, 6) is 1.72. The molecule has 2 N–H and O–H groups in total. The fourth-order valence-corrected chi connectivity index (χ4v) is 3.05. The van der Waals surface area contributed by atoms with Gasteiger partial charge in [0.1, 0.15) is 5.75 Å². The Bertz CT molecular complexity index is 402. The van der Waals surface area contributed by atoms with Crippen molar-refractivity contribution in [3.63, 3.8) is 0 Å². The monoisotopic (exact) mass is 276 g/mol. The maximum atomic E-state index is 6.03. The highest BCUT2D eigenvalue weighted by atomic mass is 16.5. The summed E-state index contributed by atoms with van der Waals surface area (Å²) in [7, 11) is 0. The minimum atomic E-state index is 0.217. The van der Waals surface area contributed by atoms with Crippen LogP contribution >= 0.6 is 0 Å². The normalized spacial score (nSPS) is 21.9. The minimum Gasteiger partial charge on any atom is -0.491 e. The van der Waals surface area contributed by atoms with Gasteiger partial charge in [0, 0.05) is 19.1 Å². The van der Waals surface area contributed by atoms with E-state index in [1.54, 1.807) is 0 Å². The molecule has 1 heterocycles. The number of hydrogen-bond donors (Lipinski definition) is 1. The van der Waals surface area contributed by atoms with Crippen LogP contribution in [0.3, 0.4) is 0 Å². The minimum absolute atomic E-state index is 0.217. The van der Waals surface area contributed by atoms with Crippen molar-refractivity contribution in [1.82, 2.24) is 4.90 Å². The van der Waals surface area contributed by atoms with E-state index in [0.29, 0.717) is 12.6 Å². The van der Waals surface area contributed by atoms with Gasteiger partial charge in [0.05, 0.1) is 6.10 Å². The Labute approximate surface area is 123 Å². The number of benzene rings is 1. The SMILES string of the molecule is CC1CCCN(C(CN)c2ccc(OC(C)C)cc2)C1. The van der Waals surface area contributed by atoms with E-state index < -0.39 is 0 Å². The first-order chi connectivity index (χ1) is 9.60. The summed E-state index contributed by atoms with van der Waals surface area (Å²) >= 11 is 0. The van der Waals surface area contributed by atoms with E-state index in [1.807, 2.05) is 13.8 Å². The van der Waals surface area contributed by atoms with E-state index in [2.05, 4.69) is 36.1 Å². The number of ether oxygens (including phenoxy) is 1. The summed E-state index contributed by atoms with van der Waals surface area (Å²) in [5, 5.41) is 0. The second-order valence-electron chi connectivity index (χ2n) is 6.23. The molecule has 1 aliphatic heterocycles. The number of piperidine rings is 1. The van der Waals surface area contributed by atoms with Crippen LogP contribution in [0.2, 0.25) is 0 Å². The molecule has 0 radical (unpaired) electrons. The highest BCUT2D eigenvalue weighted by Gasteiger charge is 2.24. The van der Waals surface area contributed by atoms with E-state index in [-0.39, 0.29) is 6.10 Å². The highest BCUT2D eigenvalue weighted by molar-refractivity contribution is 5.29. The number of nitrogens with two attached hydrogens (primary N) is 1. The smallest absolute Gasteiger partial charge is 0.119 e. The van der Waals surface area contributed by atoms with Crippen molar-refractivity contribution < 1.29 is 4.74 Å². The lowest BCUT2D eigenvalue weighted by Gasteiger charge is -2.37. The van der Waals surface area contributed by atoms with Gasteiger partial charge in [0.2, 0.25) is 0 Å². The van der Waals surface area contributed by atoms with Crippen molar-refractivity contribution in [2.24, 2.45) is 11.7 Å². The van der Waals surface area contributed by atoms with Gasteiger partial charge in [-0.1, -0.05) is 19.1 Å². The molecule has 1 aliphatic rings. The quantitative estimate of drug-likeness (QED) is 0.897. The first-order valence-corrected chi connectivity index (χ1v) is 7.81. The van der Waals surface area contributed by atoms with Gasteiger partial charge in [-0.15, -0.1) is 0 Å². The molecule has 1 aromatic rings. The molecule has 3 nitrogen and oxygen atoms in total. The van der Waals surface area contributed by atoms with Crippen LogP contribution in [0, 0.1) is 5.92 Å². The van der Waals surface area contributed by atoms with Crippen molar-refractivity contribution in [2.45, 2.75) is 45.8 Å². The van der Waals surface area contributed by atoms with Gasteiger partial charge in [-0.2, -0.15) is 0 Å². The zero-order valence-electron chi connectivity index (χ0n) is 13.0. The van der Waals surface area contributed by atoms with Crippen molar-refractivity contribution >= 4 is 0 Å². The molecule has 0 saturated carbocycles. The van der Waals surface area contributed by atoms with Crippen LogP contribution in [0.1, 0.15) is 45.2 Å². The molecule has 1 aromatic carbocycles. The predicted molar refractivity (Wildman–Crippen MR) is 84.0 cm³/mol. The predicted octanol–water partition coefficient (Wildman–Crippen LogP) is 3.21.